The molecular formula is C15H30N2O2. The van der Waals surface area contributed by atoms with E-state index in [4.69, 9.17) is 9.47 Å². The molecule has 0 aromatic rings. The van der Waals surface area contributed by atoms with Crippen LogP contribution in [-0.2, 0) is 9.47 Å². The number of likely N-dealkylation sites (N-methyl/N-ethyl adjacent to an activating group) is 1. The fourth-order valence-corrected chi connectivity index (χ4v) is 3.46. The third-order valence-corrected chi connectivity index (χ3v) is 4.62. The van der Waals surface area contributed by atoms with Gasteiger partial charge in [-0.05, 0) is 46.7 Å². The topological polar surface area (TPSA) is 24.9 Å². The molecule has 0 radical (unpaired) electrons. The highest BCUT2D eigenvalue weighted by molar-refractivity contribution is 4.90. The van der Waals surface area contributed by atoms with Crippen molar-refractivity contribution in [3.05, 3.63) is 0 Å². The predicted molar refractivity (Wildman–Crippen MR) is 77.3 cm³/mol. The Hall–Kier alpha value is -0.160. The third kappa shape index (κ3) is 4.15. The van der Waals surface area contributed by atoms with E-state index in [9.17, 15) is 0 Å². The Bertz CT molecular complexity index is 257. The zero-order chi connectivity index (χ0) is 13.7. The van der Waals surface area contributed by atoms with E-state index in [1.165, 1.54) is 32.4 Å². The van der Waals surface area contributed by atoms with Gasteiger partial charge in [-0.25, -0.2) is 0 Å². The Labute approximate surface area is 118 Å². The second kappa shape index (κ2) is 7.58. The molecule has 2 unspecified atom stereocenters. The van der Waals surface area contributed by atoms with Crippen LogP contribution in [0.25, 0.3) is 0 Å². The van der Waals surface area contributed by atoms with Crippen molar-refractivity contribution in [2.24, 2.45) is 0 Å². The first kappa shape index (κ1) is 15.2. The van der Waals surface area contributed by atoms with E-state index >= 15 is 0 Å². The zero-order valence-electron chi connectivity index (χ0n) is 12.8. The van der Waals surface area contributed by atoms with Gasteiger partial charge in [-0.2, -0.15) is 0 Å². The van der Waals surface area contributed by atoms with Crippen molar-refractivity contribution in [2.45, 2.75) is 57.9 Å². The highest BCUT2D eigenvalue weighted by atomic mass is 16.7. The molecule has 2 aliphatic heterocycles. The van der Waals surface area contributed by atoms with Crippen molar-refractivity contribution in [3.8, 4) is 0 Å². The van der Waals surface area contributed by atoms with Gasteiger partial charge in [0.1, 0.15) is 0 Å². The van der Waals surface area contributed by atoms with Gasteiger partial charge in [-0.3, -0.25) is 4.90 Å². The van der Waals surface area contributed by atoms with E-state index in [1.54, 1.807) is 0 Å². The first-order chi connectivity index (χ1) is 9.24. The fraction of sp³-hybridized carbons (Fsp3) is 1.00. The van der Waals surface area contributed by atoms with Gasteiger partial charge in [-0.1, -0.05) is 0 Å². The molecule has 0 aliphatic carbocycles. The lowest BCUT2D eigenvalue weighted by atomic mass is 10.1. The summed E-state index contributed by atoms with van der Waals surface area (Å²) in [5.41, 5.74) is 0. The molecule has 2 fully saturated rings. The van der Waals surface area contributed by atoms with Crippen LogP contribution < -0.4 is 0 Å². The number of rotatable bonds is 7. The molecule has 0 aromatic carbocycles. The Kier molecular flexibility index (Phi) is 6.07. The molecule has 4 nitrogen and oxygen atoms in total. The summed E-state index contributed by atoms with van der Waals surface area (Å²) in [6, 6.07) is 1.59. The maximum Gasteiger partial charge on any atom is 0.158 e. The summed E-state index contributed by atoms with van der Waals surface area (Å²) in [7, 11) is 2.30. The monoisotopic (exact) mass is 270 g/mol. The summed E-state index contributed by atoms with van der Waals surface area (Å²) in [5, 5.41) is 0. The SMILES string of the molecule is CCOC(CCN1CCC2CCC(C1)N2C)OCC. The largest absolute Gasteiger partial charge is 0.353 e. The molecule has 0 spiro atoms. The number of hydrogen-bond donors (Lipinski definition) is 0. The molecule has 2 aliphatic rings. The summed E-state index contributed by atoms with van der Waals surface area (Å²) in [4.78, 5) is 5.20. The minimum Gasteiger partial charge on any atom is -0.353 e. The van der Waals surface area contributed by atoms with E-state index < -0.39 is 0 Å². The van der Waals surface area contributed by atoms with Gasteiger partial charge >= 0.3 is 0 Å². The summed E-state index contributed by atoms with van der Waals surface area (Å²) < 4.78 is 11.3. The molecule has 2 bridgehead atoms. The molecule has 4 heteroatoms. The predicted octanol–water partition coefficient (Wildman–Crippen LogP) is 1.94. The van der Waals surface area contributed by atoms with Crippen LogP contribution in [0.1, 0.15) is 39.5 Å². The highest BCUT2D eigenvalue weighted by Gasteiger charge is 2.34. The average Bonchev–Trinajstić information content (AvgIpc) is 2.63. The number of hydrogen-bond acceptors (Lipinski definition) is 4. The molecule has 0 saturated carbocycles. The molecule has 0 amide bonds. The molecule has 19 heavy (non-hydrogen) atoms. The number of nitrogens with zero attached hydrogens (tertiary/aromatic N) is 2. The summed E-state index contributed by atoms with van der Waals surface area (Å²) in [6.45, 7) is 9.09. The van der Waals surface area contributed by atoms with E-state index in [2.05, 4.69) is 16.8 Å². The van der Waals surface area contributed by atoms with Gasteiger partial charge in [0, 0.05) is 44.8 Å². The first-order valence-corrected chi connectivity index (χ1v) is 7.92. The lowest BCUT2D eigenvalue weighted by Crippen LogP contribution is -2.38. The standard InChI is InChI=1S/C15H30N2O2/c1-4-18-15(19-5-2)9-11-17-10-8-13-6-7-14(12-17)16(13)3/h13-15H,4-12H2,1-3H3. The van der Waals surface area contributed by atoms with Gasteiger partial charge < -0.3 is 14.4 Å². The van der Waals surface area contributed by atoms with Crippen molar-refractivity contribution in [2.75, 3.05) is 39.9 Å². The lowest BCUT2D eigenvalue weighted by molar-refractivity contribution is -0.141. The lowest BCUT2D eigenvalue weighted by Gasteiger charge is -2.27. The molecule has 0 N–H and O–H groups in total. The number of likely N-dealkylation sites (tertiary alicyclic amines) is 1. The van der Waals surface area contributed by atoms with Gasteiger partial charge in [0.25, 0.3) is 0 Å². The Balaban J connectivity index is 1.76. The molecule has 2 atom stereocenters. The van der Waals surface area contributed by atoms with E-state index in [-0.39, 0.29) is 6.29 Å². The van der Waals surface area contributed by atoms with E-state index in [0.29, 0.717) is 0 Å². The summed E-state index contributed by atoms with van der Waals surface area (Å²) >= 11 is 0. The maximum atomic E-state index is 5.63. The molecular weight excluding hydrogens is 240 g/mol. The number of fused-ring (bicyclic) bond motifs is 2. The highest BCUT2D eigenvalue weighted by Crippen LogP contribution is 2.28. The summed E-state index contributed by atoms with van der Waals surface area (Å²) in [6.07, 6.45) is 5.06. The van der Waals surface area contributed by atoms with Crippen molar-refractivity contribution < 1.29 is 9.47 Å². The molecule has 2 rings (SSSR count). The van der Waals surface area contributed by atoms with Gasteiger partial charge in [0.05, 0.1) is 0 Å². The first-order valence-electron chi connectivity index (χ1n) is 7.92. The van der Waals surface area contributed by atoms with Crippen LogP contribution in [0.2, 0.25) is 0 Å². The van der Waals surface area contributed by atoms with Crippen LogP contribution in [-0.4, -0.2) is 68.1 Å². The maximum absolute atomic E-state index is 5.63. The smallest absolute Gasteiger partial charge is 0.158 e. The quantitative estimate of drug-likeness (QED) is 0.660. The van der Waals surface area contributed by atoms with Crippen LogP contribution in [0.4, 0.5) is 0 Å². The van der Waals surface area contributed by atoms with Crippen LogP contribution in [0, 0.1) is 0 Å². The average molecular weight is 270 g/mol. The Morgan fingerprint density at radius 2 is 1.74 bits per heavy atom. The second-order valence-corrected chi connectivity index (χ2v) is 5.77. The minimum absolute atomic E-state index is 0.0202. The van der Waals surface area contributed by atoms with Gasteiger partial charge in [-0.15, -0.1) is 0 Å². The number of ether oxygens (including phenoxy) is 2. The van der Waals surface area contributed by atoms with Crippen LogP contribution in [0.3, 0.4) is 0 Å². The second-order valence-electron chi connectivity index (χ2n) is 5.77. The van der Waals surface area contributed by atoms with Gasteiger partial charge in [0.2, 0.25) is 0 Å². The fourth-order valence-electron chi connectivity index (χ4n) is 3.46. The van der Waals surface area contributed by atoms with Crippen molar-refractivity contribution in [3.63, 3.8) is 0 Å². The van der Waals surface area contributed by atoms with Gasteiger partial charge in [0.15, 0.2) is 6.29 Å². The Morgan fingerprint density at radius 1 is 1.05 bits per heavy atom. The molecule has 2 saturated heterocycles. The summed E-state index contributed by atoms with van der Waals surface area (Å²) in [5.74, 6) is 0. The third-order valence-electron chi connectivity index (χ3n) is 4.62. The molecule has 0 aromatic heterocycles. The van der Waals surface area contributed by atoms with E-state index in [0.717, 1.165) is 38.3 Å². The molecule has 2 heterocycles. The Morgan fingerprint density at radius 3 is 2.42 bits per heavy atom. The normalized spacial score (nSPS) is 29.1. The zero-order valence-corrected chi connectivity index (χ0v) is 12.8. The van der Waals surface area contributed by atoms with Crippen molar-refractivity contribution in [1.29, 1.82) is 0 Å². The van der Waals surface area contributed by atoms with Crippen LogP contribution in [0.5, 0.6) is 0 Å². The van der Waals surface area contributed by atoms with E-state index in [1.807, 2.05) is 13.8 Å². The molecule has 112 valence electrons. The van der Waals surface area contributed by atoms with Crippen LogP contribution >= 0.6 is 0 Å². The minimum atomic E-state index is -0.0202. The van der Waals surface area contributed by atoms with Crippen LogP contribution in [0.15, 0.2) is 0 Å². The van der Waals surface area contributed by atoms with Crippen molar-refractivity contribution in [1.82, 2.24) is 9.80 Å². The van der Waals surface area contributed by atoms with Crippen molar-refractivity contribution >= 4 is 0 Å².